The Balaban J connectivity index is 1.27. The van der Waals surface area contributed by atoms with Crippen molar-refractivity contribution in [3.8, 4) is 0 Å². The number of carbonyl (C=O) groups excluding carboxylic acids is 2. The molecule has 0 unspecified atom stereocenters. The van der Waals surface area contributed by atoms with Gasteiger partial charge in [0.15, 0.2) is 11.3 Å². The maximum atomic E-state index is 12.3. The zero-order valence-corrected chi connectivity index (χ0v) is 14.0. The Morgan fingerprint density at radius 2 is 2.12 bits per heavy atom. The van der Waals surface area contributed by atoms with E-state index in [1.807, 2.05) is 0 Å². The Hall–Kier alpha value is -3.30. The van der Waals surface area contributed by atoms with Crippen molar-refractivity contribution in [3.05, 3.63) is 42.1 Å². The standard InChI is InChI=1S/C16H18N8O2/c25-14(11-8-20-23-22-11)19-10-16(3-4-16)5-7-17-15(26)12-9-18-13-2-1-6-21-24(12)13/h1-2,6,8-9H,3-5,7,10H2,(H,17,26)(H,19,25)(H,20,22,23). The topological polar surface area (TPSA) is 130 Å². The lowest BCUT2D eigenvalue weighted by molar-refractivity contribution is 0.0923. The molecule has 0 spiro atoms. The van der Waals surface area contributed by atoms with Gasteiger partial charge in [0.2, 0.25) is 0 Å². The molecule has 0 aliphatic heterocycles. The number of carbonyl (C=O) groups is 2. The second-order valence-electron chi connectivity index (χ2n) is 6.48. The van der Waals surface area contributed by atoms with Crippen LogP contribution < -0.4 is 10.6 Å². The molecule has 4 rings (SSSR count). The van der Waals surface area contributed by atoms with E-state index in [1.165, 1.54) is 16.9 Å². The van der Waals surface area contributed by atoms with E-state index in [-0.39, 0.29) is 22.9 Å². The van der Waals surface area contributed by atoms with Crippen molar-refractivity contribution in [3.63, 3.8) is 0 Å². The summed E-state index contributed by atoms with van der Waals surface area (Å²) in [6, 6.07) is 3.56. The Morgan fingerprint density at radius 3 is 2.88 bits per heavy atom. The maximum Gasteiger partial charge on any atom is 0.273 e. The Bertz CT molecular complexity index is 929. The molecule has 0 atom stereocenters. The molecule has 1 saturated carbocycles. The number of hydrogen-bond acceptors (Lipinski definition) is 6. The van der Waals surface area contributed by atoms with Crippen molar-refractivity contribution < 1.29 is 9.59 Å². The minimum atomic E-state index is -0.245. The quantitative estimate of drug-likeness (QED) is 0.555. The van der Waals surface area contributed by atoms with E-state index in [2.05, 4.69) is 36.1 Å². The minimum Gasteiger partial charge on any atom is -0.351 e. The lowest BCUT2D eigenvalue weighted by Crippen LogP contribution is -2.33. The predicted octanol–water partition coefficient (Wildman–Crippen LogP) is 0.177. The number of nitrogens with one attached hydrogen (secondary N) is 3. The molecule has 26 heavy (non-hydrogen) atoms. The molecule has 3 aromatic rings. The van der Waals surface area contributed by atoms with Crippen LogP contribution in [0.5, 0.6) is 0 Å². The van der Waals surface area contributed by atoms with Crippen molar-refractivity contribution in [2.45, 2.75) is 19.3 Å². The van der Waals surface area contributed by atoms with Gasteiger partial charge in [-0.1, -0.05) is 0 Å². The van der Waals surface area contributed by atoms with Gasteiger partial charge in [-0.05, 0) is 36.8 Å². The molecule has 0 aromatic carbocycles. The predicted molar refractivity (Wildman–Crippen MR) is 90.3 cm³/mol. The summed E-state index contributed by atoms with van der Waals surface area (Å²) >= 11 is 0. The van der Waals surface area contributed by atoms with E-state index in [1.54, 1.807) is 18.3 Å². The summed E-state index contributed by atoms with van der Waals surface area (Å²) in [6.45, 7) is 1.09. The number of H-pyrrole nitrogens is 1. The molecular formula is C16H18N8O2. The average molecular weight is 354 g/mol. The van der Waals surface area contributed by atoms with E-state index in [0.29, 0.717) is 24.4 Å². The molecule has 2 amide bonds. The summed E-state index contributed by atoms with van der Waals surface area (Å²) in [5, 5.41) is 19.7. The number of rotatable bonds is 7. The molecule has 1 aliphatic rings. The van der Waals surface area contributed by atoms with E-state index in [9.17, 15) is 9.59 Å². The van der Waals surface area contributed by atoms with Gasteiger partial charge in [-0.15, -0.1) is 0 Å². The molecular weight excluding hydrogens is 336 g/mol. The van der Waals surface area contributed by atoms with Crippen LogP contribution in [0, 0.1) is 5.41 Å². The first-order valence-electron chi connectivity index (χ1n) is 8.38. The van der Waals surface area contributed by atoms with Gasteiger partial charge in [0, 0.05) is 19.3 Å². The third kappa shape index (κ3) is 3.25. The van der Waals surface area contributed by atoms with Crippen molar-refractivity contribution in [2.75, 3.05) is 13.1 Å². The first-order valence-corrected chi connectivity index (χ1v) is 8.38. The third-order valence-corrected chi connectivity index (χ3v) is 4.68. The first-order chi connectivity index (χ1) is 12.7. The Kier molecular flexibility index (Phi) is 4.07. The molecule has 10 heteroatoms. The van der Waals surface area contributed by atoms with Crippen LogP contribution in [-0.2, 0) is 0 Å². The number of hydrogen-bond donors (Lipinski definition) is 3. The highest BCUT2D eigenvalue weighted by Gasteiger charge is 2.42. The van der Waals surface area contributed by atoms with Crippen molar-refractivity contribution >= 4 is 17.5 Å². The minimum absolute atomic E-state index is 0.0460. The summed E-state index contributed by atoms with van der Waals surface area (Å²) in [5.74, 6) is -0.454. The number of amides is 2. The van der Waals surface area contributed by atoms with Crippen molar-refractivity contribution in [1.29, 1.82) is 0 Å². The molecule has 134 valence electrons. The highest BCUT2D eigenvalue weighted by Crippen LogP contribution is 2.47. The zero-order valence-electron chi connectivity index (χ0n) is 14.0. The number of aromatic nitrogens is 6. The summed E-state index contributed by atoms with van der Waals surface area (Å²) in [6.07, 6.45) is 7.37. The van der Waals surface area contributed by atoms with Gasteiger partial charge in [0.25, 0.3) is 11.8 Å². The average Bonchev–Trinajstić information content (AvgIpc) is 3.07. The largest absolute Gasteiger partial charge is 0.351 e. The van der Waals surface area contributed by atoms with Crippen molar-refractivity contribution in [1.82, 2.24) is 40.6 Å². The SMILES string of the molecule is O=C(NCC1(CCNC(=O)c2cnc3cccnn23)CC1)c1cn[nH]n1. The monoisotopic (exact) mass is 354 g/mol. The van der Waals surface area contributed by atoms with Gasteiger partial charge in [0.05, 0.1) is 12.4 Å². The number of fused-ring (bicyclic) bond motifs is 1. The number of nitrogens with zero attached hydrogens (tertiary/aromatic N) is 5. The molecule has 0 radical (unpaired) electrons. The lowest BCUT2D eigenvalue weighted by Gasteiger charge is -2.15. The van der Waals surface area contributed by atoms with Gasteiger partial charge in [0.1, 0.15) is 5.69 Å². The summed E-state index contributed by atoms with van der Waals surface area (Å²) in [7, 11) is 0. The van der Waals surface area contributed by atoms with Gasteiger partial charge in [-0.3, -0.25) is 9.59 Å². The molecule has 10 nitrogen and oxygen atoms in total. The fourth-order valence-corrected chi connectivity index (χ4v) is 2.88. The summed E-state index contributed by atoms with van der Waals surface area (Å²) in [5.41, 5.74) is 1.36. The fraction of sp³-hybridized carbons (Fsp3) is 0.375. The van der Waals surface area contributed by atoms with Gasteiger partial charge in [-0.25, -0.2) is 9.50 Å². The highest BCUT2D eigenvalue weighted by molar-refractivity contribution is 5.93. The second-order valence-corrected chi connectivity index (χ2v) is 6.48. The number of imidazole rings is 1. The molecule has 3 N–H and O–H groups in total. The molecule has 0 bridgehead atoms. The van der Waals surface area contributed by atoms with Crippen LogP contribution in [0.4, 0.5) is 0 Å². The molecule has 3 aromatic heterocycles. The van der Waals surface area contributed by atoms with Crippen LogP contribution in [-0.4, -0.2) is 54.9 Å². The Labute approximate surface area is 148 Å². The summed E-state index contributed by atoms with van der Waals surface area (Å²) < 4.78 is 1.51. The lowest BCUT2D eigenvalue weighted by atomic mass is 10.0. The third-order valence-electron chi connectivity index (χ3n) is 4.68. The van der Waals surface area contributed by atoms with Crippen LogP contribution in [0.15, 0.2) is 30.7 Å². The van der Waals surface area contributed by atoms with Crippen molar-refractivity contribution in [2.24, 2.45) is 5.41 Å². The normalized spacial score (nSPS) is 14.9. The van der Waals surface area contributed by atoms with Crippen LogP contribution >= 0.6 is 0 Å². The van der Waals surface area contributed by atoms with E-state index < -0.39 is 0 Å². The zero-order chi connectivity index (χ0) is 18.0. The molecule has 0 saturated heterocycles. The van der Waals surface area contributed by atoms with Gasteiger partial charge < -0.3 is 10.6 Å². The van der Waals surface area contributed by atoms with E-state index in [0.717, 1.165) is 19.3 Å². The second kappa shape index (κ2) is 6.54. The molecule has 1 fully saturated rings. The van der Waals surface area contributed by atoms with E-state index >= 15 is 0 Å². The maximum absolute atomic E-state index is 12.3. The van der Waals surface area contributed by atoms with Crippen LogP contribution in [0.1, 0.15) is 40.2 Å². The van der Waals surface area contributed by atoms with Crippen LogP contribution in [0.25, 0.3) is 5.65 Å². The Morgan fingerprint density at radius 1 is 1.23 bits per heavy atom. The summed E-state index contributed by atoms with van der Waals surface area (Å²) in [4.78, 5) is 28.4. The van der Waals surface area contributed by atoms with E-state index in [4.69, 9.17) is 0 Å². The first kappa shape index (κ1) is 16.2. The fourth-order valence-electron chi connectivity index (χ4n) is 2.88. The van der Waals surface area contributed by atoms with Crippen LogP contribution in [0.3, 0.4) is 0 Å². The van der Waals surface area contributed by atoms with Crippen LogP contribution in [0.2, 0.25) is 0 Å². The van der Waals surface area contributed by atoms with Gasteiger partial charge >= 0.3 is 0 Å². The van der Waals surface area contributed by atoms with Gasteiger partial charge in [-0.2, -0.15) is 20.5 Å². The molecule has 3 heterocycles. The smallest absolute Gasteiger partial charge is 0.273 e. The highest BCUT2D eigenvalue weighted by atomic mass is 16.2. The number of aromatic amines is 1. The molecule has 1 aliphatic carbocycles.